The van der Waals surface area contributed by atoms with Gasteiger partial charge in [-0.2, -0.15) is 4.31 Å². The Kier molecular flexibility index (Phi) is 12.4. The topological polar surface area (TPSA) is 102 Å². The van der Waals surface area contributed by atoms with E-state index in [1.165, 1.54) is 4.31 Å². The summed E-state index contributed by atoms with van der Waals surface area (Å²) in [5.41, 5.74) is 2.64. The summed E-state index contributed by atoms with van der Waals surface area (Å²) < 4.78 is 39.8. The summed E-state index contributed by atoms with van der Waals surface area (Å²) in [6.07, 6.45) is 0.730. The van der Waals surface area contributed by atoms with Crippen LogP contribution in [-0.2, 0) is 37.5 Å². The fraction of sp³-hybridized carbons (Fsp3) is 0.375. The van der Waals surface area contributed by atoms with E-state index < -0.39 is 28.1 Å². The summed E-state index contributed by atoms with van der Waals surface area (Å²) in [5, 5.41) is 2.72. The number of alkyl carbamates (subject to hydrolysis) is 1. The van der Waals surface area contributed by atoms with Crippen molar-refractivity contribution in [3.05, 3.63) is 102 Å². The van der Waals surface area contributed by atoms with Crippen molar-refractivity contribution in [3.63, 3.8) is 0 Å². The number of unbranched alkanes of at least 4 members (excludes halogenated alkanes) is 1. The van der Waals surface area contributed by atoms with Crippen LogP contribution in [0.5, 0.6) is 0 Å². The van der Waals surface area contributed by atoms with E-state index in [0.717, 1.165) is 16.7 Å². The molecule has 0 aliphatic rings. The number of nitrogens with zero attached hydrogens (tertiary/aromatic N) is 1. The molecule has 3 aromatic rings. The lowest BCUT2D eigenvalue weighted by Gasteiger charge is -2.31. The molecule has 0 bridgehead atoms. The van der Waals surface area contributed by atoms with Crippen molar-refractivity contribution in [2.45, 2.75) is 64.2 Å². The zero-order chi connectivity index (χ0) is 29.7. The Hall–Kier alpha value is -3.69. The SMILES string of the molecule is Cc1ccc(S(=O)(=O)N(CC(C)C)[C@@H](CCCCNC(=O)OCc2ccccc2)C(=O)OCc2ccccc2)cc1. The molecule has 0 saturated carbocycles. The van der Waals surface area contributed by atoms with Crippen LogP contribution in [0.25, 0.3) is 0 Å². The van der Waals surface area contributed by atoms with E-state index in [1.54, 1.807) is 24.3 Å². The molecule has 1 N–H and O–H groups in total. The molecular weight excluding hydrogens is 540 g/mol. The van der Waals surface area contributed by atoms with Crippen molar-refractivity contribution in [3.8, 4) is 0 Å². The summed E-state index contributed by atoms with van der Waals surface area (Å²) in [7, 11) is -3.99. The molecule has 0 aliphatic heterocycles. The first-order valence-electron chi connectivity index (χ1n) is 13.9. The standard InChI is InChI=1S/C32H40N2O6S/c1-25(2)22-34(41(37,38)29-19-17-26(3)18-20-29)30(31(35)39-23-27-12-6-4-7-13-27)16-10-11-21-33-32(36)40-24-28-14-8-5-9-15-28/h4-9,12-15,17-20,25,30H,10-11,16,21-24H2,1-3H3,(H,33,36)/t30-/m0/s1. The molecule has 1 atom stereocenters. The lowest BCUT2D eigenvalue weighted by Crippen LogP contribution is -2.47. The van der Waals surface area contributed by atoms with E-state index in [1.807, 2.05) is 81.4 Å². The number of esters is 1. The highest BCUT2D eigenvalue weighted by molar-refractivity contribution is 7.89. The average Bonchev–Trinajstić information content (AvgIpc) is 2.97. The summed E-state index contributed by atoms with van der Waals surface area (Å²) >= 11 is 0. The van der Waals surface area contributed by atoms with Crippen LogP contribution in [0.4, 0.5) is 4.79 Å². The van der Waals surface area contributed by atoms with Crippen LogP contribution < -0.4 is 5.32 Å². The number of carbonyl (C=O) groups excluding carboxylic acids is 2. The number of aryl methyl sites for hydroxylation is 1. The van der Waals surface area contributed by atoms with Gasteiger partial charge in [-0.3, -0.25) is 4.79 Å². The minimum atomic E-state index is -3.99. The molecule has 0 fully saturated rings. The second kappa shape index (κ2) is 15.9. The number of benzene rings is 3. The predicted molar refractivity (Wildman–Crippen MR) is 158 cm³/mol. The van der Waals surface area contributed by atoms with E-state index in [0.29, 0.717) is 19.4 Å². The third kappa shape index (κ3) is 10.3. The largest absolute Gasteiger partial charge is 0.460 e. The average molecular weight is 581 g/mol. The van der Waals surface area contributed by atoms with E-state index in [9.17, 15) is 18.0 Å². The van der Waals surface area contributed by atoms with E-state index >= 15 is 0 Å². The molecule has 0 heterocycles. The third-order valence-corrected chi connectivity index (χ3v) is 8.29. The molecule has 0 radical (unpaired) electrons. The molecule has 41 heavy (non-hydrogen) atoms. The number of nitrogens with one attached hydrogen (secondary N) is 1. The third-order valence-electron chi connectivity index (χ3n) is 6.40. The Morgan fingerprint density at radius 1 is 0.805 bits per heavy atom. The Labute approximate surface area is 243 Å². The molecule has 0 spiro atoms. The summed E-state index contributed by atoms with van der Waals surface area (Å²) in [6, 6.07) is 24.3. The molecule has 3 rings (SSSR count). The normalized spacial score (nSPS) is 12.2. The zero-order valence-electron chi connectivity index (χ0n) is 24.0. The van der Waals surface area contributed by atoms with Gasteiger partial charge in [-0.25, -0.2) is 13.2 Å². The fourth-order valence-electron chi connectivity index (χ4n) is 4.23. The van der Waals surface area contributed by atoms with Crippen LogP contribution in [0.15, 0.2) is 89.8 Å². The molecule has 0 aliphatic carbocycles. The summed E-state index contributed by atoms with van der Waals surface area (Å²) in [4.78, 5) is 25.7. The minimum absolute atomic E-state index is 0.0271. The second-order valence-electron chi connectivity index (χ2n) is 10.4. The van der Waals surface area contributed by atoms with Crippen LogP contribution in [0.3, 0.4) is 0 Å². The number of amides is 1. The number of sulfonamides is 1. The highest BCUT2D eigenvalue weighted by Gasteiger charge is 2.37. The molecule has 0 saturated heterocycles. The first-order valence-corrected chi connectivity index (χ1v) is 15.3. The Morgan fingerprint density at radius 3 is 1.93 bits per heavy atom. The van der Waals surface area contributed by atoms with Crippen LogP contribution in [-0.4, -0.2) is 43.9 Å². The van der Waals surface area contributed by atoms with E-state index in [-0.39, 0.29) is 37.0 Å². The van der Waals surface area contributed by atoms with Crippen molar-refractivity contribution < 1.29 is 27.5 Å². The Balaban J connectivity index is 1.68. The van der Waals surface area contributed by atoms with Crippen LogP contribution in [0.1, 0.15) is 49.8 Å². The molecule has 9 heteroatoms. The quantitative estimate of drug-likeness (QED) is 0.179. The number of rotatable bonds is 15. The van der Waals surface area contributed by atoms with E-state index in [2.05, 4.69) is 5.32 Å². The number of carbonyl (C=O) groups is 2. The van der Waals surface area contributed by atoms with Gasteiger partial charge in [-0.15, -0.1) is 0 Å². The van der Waals surface area contributed by atoms with Gasteiger partial charge in [0, 0.05) is 13.1 Å². The maximum absolute atomic E-state index is 13.8. The van der Waals surface area contributed by atoms with Crippen molar-refractivity contribution >= 4 is 22.1 Å². The first kappa shape index (κ1) is 31.8. The van der Waals surface area contributed by atoms with Gasteiger partial charge in [0.05, 0.1) is 4.90 Å². The Morgan fingerprint density at radius 2 is 1.37 bits per heavy atom. The Bertz CT molecular complexity index is 1330. The van der Waals surface area contributed by atoms with Gasteiger partial charge in [-0.05, 0) is 55.4 Å². The van der Waals surface area contributed by atoms with Crippen molar-refractivity contribution in [1.29, 1.82) is 0 Å². The monoisotopic (exact) mass is 580 g/mol. The molecule has 220 valence electrons. The first-order chi connectivity index (χ1) is 19.7. The van der Waals surface area contributed by atoms with Gasteiger partial charge in [-0.1, -0.05) is 92.2 Å². The number of hydrogen-bond acceptors (Lipinski definition) is 6. The zero-order valence-corrected chi connectivity index (χ0v) is 24.8. The molecule has 3 aromatic carbocycles. The van der Waals surface area contributed by atoms with Crippen LogP contribution >= 0.6 is 0 Å². The van der Waals surface area contributed by atoms with Crippen molar-refractivity contribution in [1.82, 2.24) is 9.62 Å². The van der Waals surface area contributed by atoms with Gasteiger partial charge in [0.2, 0.25) is 10.0 Å². The molecule has 8 nitrogen and oxygen atoms in total. The van der Waals surface area contributed by atoms with Crippen molar-refractivity contribution in [2.75, 3.05) is 13.1 Å². The lowest BCUT2D eigenvalue weighted by atomic mass is 10.1. The van der Waals surface area contributed by atoms with Gasteiger partial charge < -0.3 is 14.8 Å². The van der Waals surface area contributed by atoms with Crippen LogP contribution in [0, 0.1) is 12.8 Å². The maximum atomic E-state index is 13.8. The number of hydrogen-bond donors (Lipinski definition) is 1. The maximum Gasteiger partial charge on any atom is 0.407 e. The molecule has 0 unspecified atom stereocenters. The molecule has 1 amide bonds. The van der Waals surface area contributed by atoms with Gasteiger partial charge in [0.15, 0.2) is 0 Å². The lowest BCUT2D eigenvalue weighted by molar-refractivity contribution is -0.150. The summed E-state index contributed by atoms with van der Waals surface area (Å²) in [6.45, 7) is 6.41. The molecule has 0 aromatic heterocycles. The predicted octanol–water partition coefficient (Wildman–Crippen LogP) is 5.85. The highest BCUT2D eigenvalue weighted by Crippen LogP contribution is 2.24. The van der Waals surface area contributed by atoms with Crippen molar-refractivity contribution in [2.24, 2.45) is 5.92 Å². The van der Waals surface area contributed by atoms with Gasteiger partial charge >= 0.3 is 12.1 Å². The molecular formula is C32H40N2O6S. The smallest absolute Gasteiger partial charge is 0.407 e. The highest BCUT2D eigenvalue weighted by atomic mass is 32.2. The summed E-state index contributed by atoms with van der Waals surface area (Å²) in [5.74, 6) is -0.624. The van der Waals surface area contributed by atoms with E-state index in [4.69, 9.17) is 9.47 Å². The van der Waals surface area contributed by atoms with Gasteiger partial charge in [0.1, 0.15) is 19.3 Å². The minimum Gasteiger partial charge on any atom is -0.460 e. The fourth-order valence-corrected chi connectivity index (χ4v) is 6.00. The number of ether oxygens (including phenoxy) is 2. The van der Waals surface area contributed by atoms with Crippen LogP contribution in [0.2, 0.25) is 0 Å². The second-order valence-corrected chi connectivity index (χ2v) is 12.3. The van der Waals surface area contributed by atoms with Gasteiger partial charge in [0.25, 0.3) is 0 Å².